The first-order valence-corrected chi connectivity index (χ1v) is 6.78. The molecule has 3 rings (SSSR count). The Balaban J connectivity index is 1.79. The molecular weight excluding hydrogens is 264 g/mol. The van der Waals surface area contributed by atoms with E-state index in [0.29, 0.717) is 12.1 Å². The van der Waals surface area contributed by atoms with Crippen LogP contribution in [0.2, 0.25) is 0 Å². The number of furan rings is 1. The smallest absolute Gasteiger partial charge is 0.251 e. The van der Waals surface area contributed by atoms with Crippen molar-refractivity contribution in [2.24, 2.45) is 0 Å². The van der Waals surface area contributed by atoms with Crippen molar-refractivity contribution in [3.63, 3.8) is 0 Å². The molecule has 0 saturated heterocycles. The van der Waals surface area contributed by atoms with Crippen LogP contribution in [0.3, 0.4) is 0 Å². The highest BCUT2D eigenvalue weighted by Gasteiger charge is 2.09. The Bertz CT molecular complexity index is 728. The summed E-state index contributed by atoms with van der Waals surface area (Å²) in [5.41, 5.74) is 2.76. The van der Waals surface area contributed by atoms with Crippen molar-refractivity contribution in [3.05, 3.63) is 78.0 Å². The van der Waals surface area contributed by atoms with Crippen molar-refractivity contribution in [2.45, 2.75) is 13.5 Å². The molecule has 0 saturated carbocycles. The number of aryl methyl sites for hydroxylation is 1. The van der Waals surface area contributed by atoms with Crippen molar-refractivity contribution in [2.75, 3.05) is 0 Å². The molecule has 0 aliphatic heterocycles. The van der Waals surface area contributed by atoms with Crippen LogP contribution in [0.5, 0.6) is 0 Å². The van der Waals surface area contributed by atoms with Crippen molar-refractivity contribution >= 4 is 5.91 Å². The summed E-state index contributed by atoms with van der Waals surface area (Å²) in [5.74, 6) is 0.626. The van der Waals surface area contributed by atoms with Gasteiger partial charge in [-0.25, -0.2) is 0 Å². The molecule has 21 heavy (non-hydrogen) atoms. The lowest BCUT2D eigenvalue weighted by Gasteiger charge is -2.10. The summed E-state index contributed by atoms with van der Waals surface area (Å²) in [4.78, 5) is 12.2. The summed E-state index contributed by atoms with van der Waals surface area (Å²) in [6.07, 6.45) is 5.53. The summed E-state index contributed by atoms with van der Waals surface area (Å²) in [6.45, 7) is 2.42. The van der Waals surface area contributed by atoms with Crippen LogP contribution in [0.15, 0.2) is 65.5 Å². The molecule has 2 heterocycles. The highest BCUT2D eigenvalue weighted by Crippen LogP contribution is 2.16. The molecule has 0 atom stereocenters. The Kier molecular flexibility index (Phi) is 3.60. The van der Waals surface area contributed by atoms with Gasteiger partial charge < -0.3 is 14.3 Å². The molecular formula is C17H16N2O2. The minimum absolute atomic E-state index is 0.111. The van der Waals surface area contributed by atoms with Gasteiger partial charge in [-0.05, 0) is 48.9 Å². The topological polar surface area (TPSA) is 47.2 Å². The van der Waals surface area contributed by atoms with Crippen LogP contribution >= 0.6 is 0 Å². The first-order valence-electron chi connectivity index (χ1n) is 6.78. The maximum absolute atomic E-state index is 12.2. The summed E-state index contributed by atoms with van der Waals surface area (Å²) < 4.78 is 7.20. The van der Waals surface area contributed by atoms with E-state index in [1.807, 2.05) is 60.3 Å². The fraction of sp³-hybridized carbons (Fsp3) is 0.118. The minimum Gasteiger partial charge on any atom is -0.467 e. The Morgan fingerprint density at radius 3 is 2.71 bits per heavy atom. The monoisotopic (exact) mass is 280 g/mol. The molecule has 0 radical (unpaired) electrons. The van der Waals surface area contributed by atoms with E-state index >= 15 is 0 Å². The van der Waals surface area contributed by atoms with Crippen LogP contribution in [-0.4, -0.2) is 10.5 Å². The van der Waals surface area contributed by atoms with Crippen LogP contribution in [0.25, 0.3) is 5.69 Å². The molecule has 0 aliphatic carbocycles. The molecule has 1 N–H and O–H groups in total. The molecule has 106 valence electrons. The minimum atomic E-state index is -0.111. The molecule has 1 aromatic carbocycles. The Morgan fingerprint density at radius 1 is 1.19 bits per heavy atom. The highest BCUT2D eigenvalue weighted by molar-refractivity contribution is 5.94. The predicted octanol–water partition coefficient (Wildman–Crippen LogP) is 3.31. The van der Waals surface area contributed by atoms with Gasteiger partial charge in [-0.15, -0.1) is 0 Å². The average Bonchev–Trinajstić information content (AvgIpc) is 3.18. The first-order chi connectivity index (χ1) is 10.2. The largest absolute Gasteiger partial charge is 0.467 e. The van der Waals surface area contributed by atoms with Gasteiger partial charge in [-0.3, -0.25) is 4.79 Å². The number of carbonyl (C=O) groups is 1. The fourth-order valence-electron chi connectivity index (χ4n) is 2.21. The molecule has 4 nitrogen and oxygen atoms in total. The third-order valence-electron chi connectivity index (χ3n) is 3.36. The van der Waals surface area contributed by atoms with Crippen molar-refractivity contribution in [3.8, 4) is 5.69 Å². The van der Waals surface area contributed by atoms with Gasteiger partial charge in [0.2, 0.25) is 0 Å². The molecule has 1 amide bonds. The molecule has 2 aromatic heterocycles. The first kappa shape index (κ1) is 13.2. The van der Waals surface area contributed by atoms with Gasteiger partial charge >= 0.3 is 0 Å². The van der Waals surface area contributed by atoms with Gasteiger partial charge in [-0.1, -0.05) is 6.07 Å². The Hall–Kier alpha value is -2.75. The maximum Gasteiger partial charge on any atom is 0.251 e. The molecule has 0 aliphatic rings. The number of benzene rings is 1. The molecule has 0 bridgehead atoms. The number of nitrogens with one attached hydrogen (secondary N) is 1. The third-order valence-corrected chi connectivity index (χ3v) is 3.36. The number of rotatable bonds is 4. The second-order valence-electron chi connectivity index (χ2n) is 4.85. The zero-order valence-electron chi connectivity index (χ0n) is 11.7. The number of amides is 1. The van der Waals surface area contributed by atoms with E-state index < -0.39 is 0 Å². The lowest BCUT2D eigenvalue weighted by Crippen LogP contribution is -2.22. The van der Waals surface area contributed by atoms with Crippen LogP contribution in [-0.2, 0) is 6.54 Å². The molecule has 3 aromatic rings. The zero-order valence-corrected chi connectivity index (χ0v) is 11.7. The van der Waals surface area contributed by atoms with E-state index in [1.54, 1.807) is 12.3 Å². The van der Waals surface area contributed by atoms with Gasteiger partial charge in [-0.2, -0.15) is 0 Å². The highest BCUT2D eigenvalue weighted by atomic mass is 16.3. The lowest BCUT2D eigenvalue weighted by atomic mass is 10.1. The summed E-state index contributed by atoms with van der Waals surface area (Å²) >= 11 is 0. The van der Waals surface area contributed by atoms with Gasteiger partial charge in [0.15, 0.2) is 0 Å². The second-order valence-corrected chi connectivity index (χ2v) is 4.85. The van der Waals surface area contributed by atoms with E-state index in [4.69, 9.17) is 4.42 Å². The third kappa shape index (κ3) is 2.89. The Labute approximate surface area is 123 Å². The summed E-state index contributed by atoms with van der Waals surface area (Å²) in [6, 6.07) is 13.2. The van der Waals surface area contributed by atoms with Crippen LogP contribution in [0.1, 0.15) is 21.7 Å². The van der Waals surface area contributed by atoms with Crippen LogP contribution < -0.4 is 5.32 Å². The zero-order chi connectivity index (χ0) is 14.7. The van der Waals surface area contributed by atoms with E-state index in [9.17, 15) is 4.79 Å². The number of nitrogens with zero attached hydrogens (tertiary/aromatic N) is 1. The lowest BCUT2D eigenvalue weighted by molar-refractivity contribution is 0.0948. The standard InChI is InChI=1S/C17H16N2O2/c1-13-6-7-14(11-16(13)19-8-2-3-9-19)17(20)18-12-15-5-4-10-21-15/h2-11H,12H2,1H3,(H,18,20). The number of aromatic nitrogens is 1. The summed E-state index contributed by atoms with van der Waals surface area (Å²) in [7, 11) is 0. The Morgan fingerprint density at radius 2 is 2.00 bits per heavy atom. The van der Waals surface area contributed by atoms with Gasteiger partial charge in [0.05, 0.1) is 12.8 Å². The van der Waals surface area contributed by atoms with Crippen LogP contribution in [0.4, 0.5) is 0 Å². The van der Waals surface area contributed by atoms with E-state index in [1.165, 1.54) is 0 Å². The number of hydrogen-bond donors (Lipinski definition) is 1. The van der Waals surface area contributed by atoms with Crippen molar-refractivity contribution in [1.29, 1.82) is 0 Å². The predicted molar refractivity (Wildman–Crippen MR) is 80.4 cm³/mol. The molecule has 0 fully saturated rings. The maximum atomic E-state index is 12.2. The van der Waals surface area contributed by atoms with Gasteiger partial charge in [0.25, 0.3) is 5.91 Å². The molecule has 0 spiro atoms. The SMILES string of the molecule is Cc1ccc(C(=O)NCc2ccco2)cc1-n1cccc1. The number of carbonyl (C=O) groups excluding carboxylic acids is 1. The van der Waals surface area contributed by atoms with Crippen molar-refractivity contribution in [1.82, 2.24) is 9.88 Å². The van der Waals surface area contributed by atoms with Crippen LogP contribution in [0, 0.1) is 6.92 Å². The van der Waals surface area contributed by atoms with Crippen molar-refractivity contribution < 1.29 is 9.21 Å². The normalized spacial score (nSPS) is 10.5. The van der Waals surface area contributed by atoms with E-state index in [0.717, 1.165) is 17.0 Å². The average molecular weight is 280 g/mol. The van der Waals surface area contributed by atoms with Gasteiger partial charge in [0, 0.05) is 23.6 Å². The number of hydrogen-bond acceptors (Lipinski definition) is 2. The second kappa shape index (κ2) is 5.71. The van der Waals surface area contributed by atoms with E-state index in [2.05, 4.69) is 5.32 Å². The fourth-order valence-corrected chi connectivity index (χ4v) is 2.21. The molecule has 0 unspecified atom stereocenters. The van der Waals surface area contributed by atoms with E-state index in [-0.39, 0.29) is 5.91 Å². The quantitative estimate of drug-likeness (QED) is 0.797. The van der Waals surface area contributed by atoms with Gasteiger partial charge in [0.1, 0.15) is 5.76 Å². The molecule has 4 heteroatoms. The summed E-state index contributed by atoms with van der Waals surface area (Å²) in [5, 5.41) is 2.85.